The highest BCUT2D eigenvalue weighted by Crippen LogP contribution is 2.20. The van der Waals surface area contributed by atoms with Gasteiger partial charge in [-0.1, -0.05) is 36.4 Å². The van der Waals surface area contributed by atoms with Gasteiger partial charge in [0.2, 0.25) is 5.56 Å². The van der Waals surface area contributed by atoms with Gasteiger partial charge in [-0.25, -0.2) is 4.79 Å². The maximum absolute atomic E-state index is 12.4. The summed E-state index contributed by atoms with van der Waals surface area (Å²) in [4.78, 5) is 28.2. The lowest BCUT2D eigenvalue weighted by Gasteiger charge is -2.19. The summed E-state index contributed by atoms with van der Waals surface area (Å²) in [5.41, 5.74) is 2.06. The molecule has 0 radical (unpaired) electrons. The number of nitrogens with one attached hydrogen (secondary N) is 2. The second-order valence-electron chi connectivity index (χ2n) is 5.56. The van der Waals surface area contributed by atoms with Gasteiger partial charge in [0, 0.05) is 25.5 Å². The van der Waals surface area contributed by atoms with Crippen LogP contribution in [0.15, 0.2) is 77.9 Å². The predicted octanol–water partition coefficient (Wildman–Crippen LogP) is 2.69. The molecule has 6 nitrogen and oxygen atoms in total. The molecule has 0 aliphatic heterocycles. The summed E-state index contributed by atoms with van der Waals surface area (Å²) in [6, 6.07) is 17.4. The number of pyridine rings is 2. The molecule has 2 N–H and O–H groups in total. The number of hydrogen-bond donors (Lipinski definition) is 2. The molecule has 126 valence electrons. The molecule has 0 bridgehead atoms. The normalized spacial score (nSPS) is 11.6. The van der Waals surface area contributed by atoms with Crippen LogP contribution < -0.4 is 16.2 Å². The third-order valence-corrected chi connectivity index (χ3v) is 3.74. The van der Waals surface area contributed by atoms with Gasteiger partial charge in [0.1, 0.15) is 0 Å². The highest BCUT2D eigenvalue weighted by Gasteiger charge is 2.17. The van der Waals surface area contributed by atoms with Gasteiger partial charge in [-0.2, -0.15) is 0 Å². The Morgan fingerprint density at radius 1 is 1.04 bits per heavy atom. The third-order valence-electron chi connectivity index (χ3n) is 3.74. The highest BCUT2D eigenvalue weighted by atomic mass is 16.2. The van der Waals surface area contributed by atoms with Gasteiger partial charge < -0.3 is 15.2 Å². The van der Waals surface area contributed by atoms with Gasteiger partial charge in [0.15, 0.2) is 0 Å². The molecule has 1 atom stereocenters. The first-order valence-corrected chi connectivity index (χ1v) is 7.83. The van der Waals surface area contributed by atoms with E-state index in [0.29, 0.717) is 5.69 Å². The topological polar surface area (TPSA) is 76.0 Å². The molecular weight excluding hydrogens is 316 g/mol. The summed E-state index contributed by atoms with van der Waals surface area (Å²) in [6.07, 6.45) is 3.26. The van der Waals surface area contributed by atoms with Gasteiger partial charge in [0.05, 0.1) is 17.4 Å². The number of urea groups is 1. The van der Waals surface area contributed by atoms with Crippen molar-refractivity contribution in [2.45, 2.75) is 6.04 Å². The molecule has 1 aromatic carbocycles. The van der Waals surface area contributed by atoms with E-state index in [2.05, 4.69) is 15.6 Å². The van der Waals surface area contributed by atoms with E-state index in [1.165, 1.54) is 10.6 Å². The SMILES string of the molecule is Cn1cc(NC(=O)N[C@H](c2ccccc2)c2ccccn2)ccc1=O. The molecule has 25 heavy (non-hydrogen) atoms. The van der Waals surface area contributed by atoms with E-state index in [-0.39, 0.29) is 17.6 Å². The van der Waals surface area contributed by atoms with Crippen molar-refractivity contribution in [1.29, 1.82) is 0 Å². The fourth-order valence-corrected chi connectivity index (χ4v) is 2.49. The van der Waals surface area contributed by atoms with Crippen molar-refractivity contribution in [1.82, 2.24) is 14.9 Å². The van der Waals surface area contributed by atoms with Crippen LogP contribution in [0.4, 0.5) is 10.5 Å². The van der Waals surface area contributed by atoms with Gasteiger partial charge in [-0.3, -0.25) is 9.78 Å². The minimum atomic E-state index is -0.380. The quantitative estimate of drug-likeness (QED) is 0.770. The number of aromatic nitrogens is 2. The van der Waals surface area contributed by atoms with E-state index in [1.54, 1.807) is 25.5 Å². The summed E-state index contributed by atoms with van der Waals surface area (Å²) in [5, 5.41) is 5.67. The molecule has 0 saturated carbocycles. The number of nitrogens with zero attached hydrogens (tertiary/aromatic N) is 2. The number of amides is 2. The Kier molecular flexibility index (Phi) is 4.89. The Balaban J connectivity index is 1.81. The van der Waals surface area contributed by atoms with Crippen molar-refractivity contribution in [2.75, 3.05) is 5.32 Å². The van der Waals surface area contributed by atoms with E-state index in [0.717, 1.165) is 11.3 Å². The van der Waals surface area contributed by atoms with Crippen LogP contribution in [0.1, 0.15) is 17.3 Å². The molecule has 0 aliphatic rings. The number of benzene rings is 1. The first-order valence-electron chi connectivity index (χ1n) is 7.83. The zero-order chi connectivity index (χ0) is 17.6. The van der Waals surface area contributed by atoms with Gasteiger partial charge in [-0.05, 0) is 23.8 Å². The number of carbonyl (C=O) groups excluding carboxylic acids is 1. The largest absolute Gasteiger partial charge is 0.325 e. The van der Waals surface area contributed by atoms with Crippen LogP contribution in [0.25, 0.3) is 0 Å². The van der Waals surface area contributed by atoms with Crippen LogP contribution >= 0.6 is 0 Å². The molecule has 3 rings (SSSR count). The number of rotatable bonds is 4. The highest BCUT2D eigenvalue weighted by molar-refractivity contribution is 5.89. The minimum Gasteiger partial charge on any atom is -0.325 e. The summed E-state index contributed by atoms with van der Waals surface area (Å²) in [7, 11) is 1.63. The first kappa shape index (κ1) is 16.4. The van der Waals surface area contributed by atoms with Crippen LogP contribution in [-0.2, 0) is 7.05 Å². The summed E-state index contributed by atoms with van der Waals surface area (Å²) < 4.78 is 1.41. The average Bonchev–Trinajstić information content (AvgIpc) is 2.64. The number of anilines is 1. The lowest BCUT2D eigenvalue weighted by molar-refractivity contribution is 0.250. The van der Waals surface area contributed by atoms with Gasteiger partial charge in [0.25, 0.3) is 0 Å². The molecule has 3 aromatic rings. The van der Waals surface area contributed by atoms with Crippen molar-refractivity contribution in [2.24, 2.45) is 7.05 Å². The molecule has 0 spiro atoms. The molecule has 0 fully saturated rings. The number of aryl methyl sites for hydroxylation is 1. The average molecular weight is 334 g/mol. The van der Waals surface area contributed by atoms with Gasteiger partial charge in [-0.15, -0.1) is 0 Å². The van der Waals surface area contributed by atoms with Gasteiger partial charge >= 0.3 is 6.03 Å². The third kappa shape index (κ3) is 4.11. The van der Waals surface area contributed by atoms with Crippen LogP contribution in [0.5, 0.6) is 0 Å². The molecule has 0 saturated heterocycles. The van der Waals surface area contributed by atoms with E-state index in [9.17, 15) is 9.59 Å². The molecule has 2 heterocycles. The molecule has 0 unspecified atom stereocenters. The zero-order valence-corrected chi connectivity index (χ0v) is 13.7. The van der Waals surface area contributed by atoms with Crippen molar-refractivity contribution in [3.05, 3.63) is 94.7 Å². The second-order valence-corrected chi connectivity index (χ2v) is 5.56. The van der Waals surface area contributed by atoms with Crippen molar-refractivity contribution in [3.63, 3.8) is 0 Å². The predicted molar refractivity (Wildman–Crippen MR) is 96.4 cm³/mol. The van der Waals surface area contributed by atoms with E-state index < -0.39 is 0 Å². The fourth-order valence-electron chi connectivity index (χ4n) is 2.49. The van der Waals surface area contributed by atoms with Crippen molar-refractivity contribution in [3.8, 4) is 0 Å². The van der Waals surface area contributed by atoms with E-state index in [4.69, 9.17) is 0 Å². The summed E-state index contributed by atoms with van der Waals surface area (Å²) >= 11 is 0. The molecule has 6 heteroatoms. The van der Waals surface area contributed by atoms with E-state index in [1.807, 2.05) is 48.5 Å². The molecule has 2 aromatic heterocycles. The Labute approximate surface area is 145 Å². The van der Waals surface area contributed by atoms with Crippen LogP contribution in [0.2, 0.25) is 0 Å². The smallest absolute Gasteiger partial charge is 0.320 e. The van der Waals surface area contributed by atoms with E-state index >= 15 is 0 Å². The Hall–Kier alpha value is -3.41. The lowest BCUT2D eigenvalue weighted by Crippen LogP contribution is -2.34. The standard InChI is InChI=1S/C19H18N4O2/c1-23-13-15(10-11-17(23)24)21-19(25)22-18(14-7-3-2-4-8-14)16-9-5-6-12-20-16/h2-13,18H,1H3,(H2,21,22,25)/t18-/m1/s1. The monoisotopic (exact) mass is 334 g/mol. The van der Waals surface area contributed by atoms with Crippen LogP contribution in [0.3, 0.4) is 0 Å². The summed E-state index contributed by atoms with van der Waals surface area (Å²) in [6.45, 7) is 0. The fraction of sp³-hybridized carbons (Fsp3) is 0.105. The lowest BCUT2D eigenvalue weighted by atomic mass is 10.0. The number of carbonyl (C=O) groups is 1. The van der Waals surface area contributed by atoms with Crippen molar-refractivity contribution >= 4 is 11.7 Å². The number of hydrogen-bond acceptors (Lipinski definition) is 3. The Bertz CT molecular complexity index is 868. The molecule has 2 amide bonds. The van der Waals surface area contributed by atoms with Crippen LogP contribution in [-0.4, -0.2) is 15.6 Å². The Morgan fingerprint density at radius 3 is 2.48 bits per heavy atom. The van der Waals surface area contributed by atoms with Crippen LogP contribution in [0, 0.1) is 0 Å². The molecular formula is C19H18N4O2. The second kappa shape index (κ2) is 7.44. The van der Waals surface area contributed by atoms with Crippen molar-refractivity contribution < 1.29 is 4.79 Å². The Morgan fingerprint density at radius 2 is 1.80 bits per heavy atom. The molecule has 0 aliphatic carbocycles. The zero-order valence-electron chi connectivity index (χ0n) is 13.7. The maximum Gasteiger partial charge on any atom is 0.320 e. The summed E-state index contributed by atoms with van der Waals surface area (Å²) in [5.74, 6) is 0. The first-order chi connectivity index (χ1) is 12.1. The minimum absolute atomic E-state index is 0.137. The maximum atomic E-state index is 12.4.